The Hall–Kier alpha value is -3.68. The van der Waals surface area contributed by atoms with Crippen molar-refractivity contribution in [2.75, 3.05) is 13.2 Å². The number of ether oxygens (including phenoxy) is 1. The van der Waals surface area contributed by atoms with Crippen LogP contribution in [0.25, 0.3) is 5.76 Å². The molecule has 1 amide bonds. The van der Waals surface area contributed by atoms with Gasteiger partial charge in [0.25, 0.3) is 11.7 Å². The van der Waals surface area contributed by atoms with Crippen LogP contribution in [0.5, 0.6) is 5.75 Å². The second kappa shape index (κ2) is 10.8. The molecule has 1 unspecified atom stereocenters. The topological polar surface area (TPSA) is 104 Å². The number of Topliss-reactive ketones (excluding diaryl/α,β-unsaturated/α-hetero) is 1. The third-order valence-electron chi connectivity index (χ3n) is 5.45. The van der Waals surface area contributed by atoms with Crippen molar-refractivity contribution in [2.24, 2.45) is 0 Å². The molecule has 0 aromatic heterocycles. The molecule has 3 rings (SSSR count). The van der Waals surface area contributed by atoms with Gasteiger partial charge in [-0.2, -0.15) is 0 Å². The molecule has 0 saturated carbocycles. The Balaban J connectivity index is 1.96. The number of hydrogen-bond donors (Lipinski definition) is 2. The summed E-state index contributed by atoms with van der Waals surface area (Å²) in [4.78, 5) is 37.9. The molecule has 1 aliphatic rings. The lowest BCUT2D eigenvalue weighted by molar-refractivity contribution is -0.140. The molecule has 0 spiro atoms. The molecule has 0 bridgehead atoms. The Morgan fingerprint density at radius 3 is 2.27 bits per heavy atom. The number of halogens is 1. The molecule has 1 saturated heterocycles. The number of carbonyl (C=O) groups excluding carboxylic acids is 2. The van der Waals surface area contributed by atoms with Crippen LogP contribution in [0.15, 0.2) is 54.1 Å². The van der Waals surface area contributed by atoms with Crippen LogP contribution in [0, 0.1) is 5.82 Å². The van der Waals surface area contributed by atoms with Gasteiger partial charge in [0.1, 0.15) is 17.3 Å². The third-order valence-corrected chi connectivity index (χ3v) is 5.45. The van der Waals surface area contributed by atoms with Gasteiger partial charge in [-0.1, -0.05) is 18.6 Å². The average molecular weight is 455 g/mol. The number of carboxylic acid groups (broad SMARTS) is 1. The van der Waals surface area contributed by atoms with E-state index in [9.17, 15) is 23.9 Å². The van der Waals surface area contributed by atoms with E-state index in [1.54, 1.807) is 24.3 Å². The number of benzene rings is 2. The highest BCUT2D eigenvalue weighted by Gasteiger charge is 2.45. The molecule has 2 aromatic rings. The van der Waals surface area contributed by atoms with Gasteiger partial charge in [0.15, 0.2) is 0 Å². The summed E-state index contributed by atoms with van der Waals surface area (Å²) in [5.41, 5.74) is 0.778. The van der Waals surface area contributed by atoms with Crippen molar-refractivity contribution in [2.45, 2.75) is 38.6 Å². The first-order valence-corrected chi connectivity index (χ1v) is 10.8. The zero-order valence-corrected chi connectivity index (χ0v) is 18.3. The quantitative estimate of drug-likeness (QED) is 0.240. The summed E-state index contributed by atoms with van der Waals surface area (Å²) in [6.07, 6.45) is 1.57. The maximum atomic E-state index is 13.3. The second-order valence-corrected chi connectivity index (χ2v) is 7.71. The Morgan fingerprint density at radius 2 is 1.67 bits per heavy atom. The molecule has 174 valence electrons. The molecule has 1 fully saturated rings. The van der Waals surface area contributed by atoms with Crippen LogP contribution in [-0.4, -0.2) is 45.9 Å². The van der Waals surface area contributed by atoms with Gasteiger partial charge in [-0.05, 0) is 61.7 Å². The highest BCUT2D eigenvalue weighted by Crippen LogP contribution is 2.40. The van der Waals surface area contributed by atoms with Gasteiger partial charge in [-0.3, -0.25) is 14.4 Å². The van der Waals surface area contributed by atoms with E-state index < -0.39 is 29.5 Å². The van der Waals surface area contributed by atoms with Gasteiger partial charge in [-0.25, -0.2) is 4.39 Å². The van der Waals surface area contributed by atoms with Crippen molar-refractivity contribution in [1.29, 1.82) is 0 Å². The Kier molecular flexibility index (Phi) is 7.82. The zero-order valence-electron chi connectivity index (χ0n) is 18.3. The Labute approximate surface area is 191 Å². The molecule has 33 heavy (non-hydrogen) atoms. The number of unbranched alkanes of at least 4 members (excludes halogenated alkanes) is 2. The summed E-state index contributed by atoms with van der Waals surface area (Å²) in [6, 6.07) is 11.1. The van der Waals surface area contributed by atoms with Crippen LogP contribution < -0.4 is 4.74 Å². The van der Waals surface area contributed by atoms with Crippen molar-refractivity contribution < 1.29 is 33.7 Å². The average Bonchev–Trinajstić information content (AvgIpc) is 3.04. The number of likely N-dealkylation sites (tertiary alicyclic amines) is 1. The van der Waals surface area contributed by atoms with Crippen molar-refractivity contribution >= 4 is 23.4 Å². The van der Waals surface area contributed by atoms with E-state index in [0.717, 1.165) is 0 Å². The number of aliphatic hydroxyl groups excluding tert-OH is 1. The van der Waals surface area contributed by atoms with Crippen molar-refractivity contribution in [1.82, 2.24) is 4.90 Å². The van der Waals surface area contributed by atoms with E-state index in [-0.39, 0.29) is 29.9 Å². The summed E-state index contributed by atoms with van der Waals surface area (Å²) in [5.74, 6) is -2.68. The number of carbonyl (C=O) groups is 3. The van der Waals surface area contributed by atoms with Crippen LogP contribution in [0.2, 0.25) is 0 Å². The van der Waals surface area contributed by atoms with E-state index in [2.05, 4.69) is 0 Å². The fourth-order valence-corrected chi connectivity index (χ4v) is 3.87. The predicted octanol–water partition coefficient (Wildman–Crippen LogP) is 4.29. The van der Waals surface area contributed by atoms with Crippen molar-refractivity contribution in [3.63, 3.8) is 0 Å². The maximum absolute atomic E-state index is 13.3. The predicted molar refractivity (Wildman–Crippen MR) is 119 cm³/mol. The number of nitrogens with zero attached hydrogens (tertiary/aromatic N) is 1. The van der Waals surface area contributed by atoms with Crippen LogP contribution >= 0.6 is 0 Å². The van der Waals surface area contributed by atoms with Crippen LogP contribution in [-0.2, 0) is 14.4 Å². The first-order valence-electron chi connectivity index (χ1n) is 10.8. The number of rotatable bonds is 10. The monoisotopic (exact) mass is 455 g/mol. The summed E-state index contributed by atoms with van der Waals surface area (Å²) in [5, 5.41) is 19.7. The molecule has 2 aromatic carbocycles. The highest BCUT2D eigenvalue weighted by molar-refractivity contribution is 6.46. The number of ketones is 1. The van der Waals surface area contributed by atoms with E-state index in [4.69, 9.17) is 9.84 Å². The molecule has 8 heteroatoms. The normalized spacial score (nSPS) is 17.4. The smallest absolute Gasteiger partial charge is 0.303 e. The number of carboxylic acids is 1. The van der Waals surface area contributed by atoms with Crippen molar-refractivity contribution in [3.8, 4) is 5.75 Å². The highest BCUT2D eigenvalue weighted by atomic mass is 19.1. The summed E-state index contributed by atoms with van der Waals surface area (Å²) < 4.78 is 18.8. The van der Waals surface area contributed by atoms with E-state index >= 15 is 0 Å². The van der Waals surface area contributed by atoms with Crippen LogP contribution in [0.3, 0.4) is 0 Å². The summed E-state index contributed by atoms with van der Waals surface area (Å²) in [6.45, 7) is 2.57. The maximum Gasteiger partial charge on any atom is 0.303 e. The minimum atomic E-state index is -0.885. The van der Waals surface area contributed by atoms with Gasteiger partial charge in [-0.15, -0.1) is 0 Å². The number of aliphatic hydroxyl groups is 1. The van der Waals surface area contributed by atoms with Crippen LogP contribution in [0.4, 0.5) is 4.39 Å². The lowest BCUT2D eigenvalue weighted by Gasteiger charge is -2.25. The molecule has 0 aliphatic carbocycles. The van der Waals surface area contributed by atoms with E-state index in [1.165, 1.54) is 29.2 Å². The van der Waals surface area contributed by atoms with Crippen LogP contribution in [0.1, 0.15) is 49.8 Å². The van der Waals surface area contributed by atoms with Gasteiger partial charge in [0, 0.05) is 18.5 Å². The Morgan fingerprint density at radius 1 is 1.00 bits per heavy atom. The van der Waals surface area contributed by atoms with Crippen molar-refractivity contribution in [3.05, 3.63) is 71.0 Å². The number of aliphatic carboxylic acids is 1. The lowest BCUT2D eigenvalue weighted by Crippen LogP contribution is -2.30. The molecule has 0 radical (unpaired) electrons. The van der Waals surface area contributed by atoms with E-state index in [0.29, 0.717) is 37.2 Å². The van der Waals surface area contributed by atoms with Gasteiger partial charge < -0.3 is 19.8 Å². The third kappa shape index (κ3) is 5.58. The molecular formula is C25H26FNO6. The SMILES string of the molecule is CCOc1ccc(C2/C(=C(/O)c3ccc(F)cc3)C(=O)C(=O)N2CCCCCC(=O)O)cc1. The second-order valence-electron chi connectivity index (χ2n) is 7.71. The zero-order chi connectivity index (χ0) is 24.0. The number of hydrogen-bond acceptors (Lipinski definition) is 5. The summed E-state index contributed by atoms with van der Waals surface area (Å²) in [7, 11) is 0. The standard InChI is InChI=1S/C25H26FNO6/c1-2-33-19-13-9-16(10-14-19)22-21(23(30)17-7-11-18(26)12-8-17)24(31)25(32)27(22)15-5-3-4-6-20(28)29/h7-14,22,30H,2-6,15H2,1H3,(H,28,29)/b23-21-. The molecule has 1 heterocycles. The molecule has 1 aliphatic heterocycles. The Bertz CT molecular complexity index is 1050. The lowest BCUT2D eigenvalue weighted by atomic mass is 9.95. The minimum Gasteiger partial charge on any atom is -0.507 e. The number of amides is 1. The fraction of sp³-hybridized carbons (Fsp3) is 0.320. The molecule has 7 nitrogen and oxygen atoms in total. The summed E-state index contributed by atoms with van der Waals surface area (Å²) >= 11 is 0. The molecular weight excluding hydrogens is 429 g/mol. The minimum absolute atomic E-state index is 0.0334. The van der Waals surface area contributed by atoms with E-state index in [1.807, 2.05) is 6.92 Å². The molecule has 2 N–H and O–H groups in total. The largest absolute Gasteiger partial charge is 0.507 e. The first kappa shape index (κ1) is 24.0. The van der Waals surface area contributed by atoms with Gasteiger partial charge in [0.05, 0.1) is 18.2 Å². The molecule has 1 atom stereocenters. The van der Waals surface area contributed by atoms with Gasteiger partial charge in [0.2, 0.25) is 0 Å². The first-order chi connectivity index (χ1) is 15.8. The van der Waals surface area contributed by atoms with Gasteiger partial charge >= 0.3 is 5.97 Å². The fourth-order valence-electron chi connectivity index (χ4n) is 3.87.